The summed E-state index contributed by atoms with van der Waals surface area (Å²) in [5, 5.41) is 13.2. The maximum atomic E-state index is 13.4. The summed E-state index contributed by atoms with van der Waals surface area (Å²) in [6.45, 7) is 0. The minimum absolute atomic E-state index is 0.0902. The summed E-state index contributed by atoms with van der Waals surface area (Å²) in [5.74, 6) is -5.10. The highest BCUT2D eigenvalue weighted by molar-refractivity contribution is 6.53. The van der Waals surface area contributed by atoms with Crippen molar-refractivity contribution in [1.82, 2.24) is 10.2 Å². The summed E-state index contributed by atoms with van der Waals surface area (Å²) in [5.41, 5.74) is 0.809. The lowest BCUT2D eigenvalue weighted by atomic mass is 9.56. The molecule has 1 saturated carbocycles. The lowest BCUT2D eigenvalue weighted by Gasteiger charge is -2.50. The molecule has 2 heterocycles. The van der Waals surface area contributed by atoms with Crippen molar-refractivity contribution in [1.29, 1.82) is 0 Å². The van der Waals surface area contributed by atoms with Crippen LogP contribution < -0.4 is 10.1 Å². The topological polar surface area (TPSA) is 113 Å². The van der Waals surface area contributed by atoms with Crippen LogP contribution in [0.5, 0.6) is 11.5 Å². The van der Waals surface area contributed by atoms with E-state index in [-0.39, 0.29) is 35.8 Å². The Balaban J connectivity index is 1.81. The monoisotopic (exact) mass is 478 g/mol. The Kier molecular flexibility index (Phi) is 4.46. The Hall–Kier alpha value is -2.58. The molecule has 4 aliphatic rings. The number of allylic oxidation sites excluding steroid dienone is 2. The Morgan fingerprint density at radius 2 is 1.84 bits per heavy atom. The number of aromatic hydroxyl groups is 1. The van der Waals surface area contributed by atoms with E-state index < -0.39 is 51.1 Å². The smallest absolute Gasteiger partial charge is 0.253 e. The number of phenols is 1. The van der Waals surface area contributed by atoms with E-state index in [0.29, 0.717) is 5.57 Å². The lowest BCUT2D eigenvalue weighted by Crippen LogP contribution is -2.60. The zero-order valence-corrected chi connectivity index (χ0v) is 18.7. The Labute approximate surface area is 193 Å². The van der Waals surface area contributed by atoms with Gasteiger partial charge in [-0.05, 0) is 30.9 Å². The Morgan fingerprint density at radius 1 is 1.12 bits per heavy atom. The van der Waals surface area contributed by atoms with Crippen LogP contribution in [0.3, 0.4) is 0 Å². The van der Waals surface area contributed by atoms with E-state index in [0.717, 1.165) is 4.90 Å². The fraction of sp³-hybridized carbons (Fsp3) is 0.455. The van der Waals surface area contributed by atoms with E-state index in [1.54, 1.807) is 18.2 Å². The van der Waals surface area contributed by atoms with Gasteiger partial charge in [0.1, 0.15) is 11.5 Å². The molecule has 4 amide bonds. The molecule has 2 saturated heterocycles. The summed E-state index contributed by atoms with van der Waals surface area (Å²) in [6, 6.07) is 4.62. The Bertz CT molecular complexity index is 1140. The molecule has 3 fully saturated rings. The summed E-state index contributed by atoms with van der Waals surface area (Å²) in [7, 11) is 2.72. The summed E-state index contributed by atoms with van der Waals surface area (Å²) < 4.78 is 5.47. The minimum Gasteiger partial charge on any atom is -0.508 e. The summed E-state index contributed by atoms with van der Waals surface area (Å²) in [6.07, 6.45) is 1.96. The van der Waals surface area contributed by atoms with Gasteiger partial charge in [-0.2, -0.15) is 0 Å². The molecular formula is C22H20Cl2N2O6. The van der Waals surface area contributed by atoms with Crippen molar-refractivity contribution < 1.29 is 29.0 Å². The van der Waals surface area contributed by atoms with Gasteiger partial charge < -0.3 is 9.84 Å². The number of imide groups is 2. The molecule has 2 aliphatic heterocycles. The van der Waals surface area contributed by atoms with Crippen LogP contribution in [0.25, 0.3) is 0 Å². The summed E-state index contributed by atoms with van der Waals surface area (Å²) >= 11 is 14.0. The van der Waals surface area contributed by atoms with E-state index in [4.69, 9.17) is 27.9 Å². The predicted octanol–water partition coefficient (Wildman–Crippen LogP) is 1.68. The molecule has 10 heteroatoms. The molecule has 6 unspecified atom stereocenters. The molecular weight excluding hydrogens is 459 g/mol. The van der Waals surface area contributed by atoms with Crippen LogP contribution in [0, 0.1) is 17.8 Å². The maximum Gasteiger partial charge on any atom is 0.253 e. The number of benzene rings is 1. The zero-order chi connectivity index (χ0) is 23.2. The molecule has 2 aliphatic carbocycles. The quantitative estimate of drug-likeness (QED) is 0.379. The van der Waals surface area contributed by atoms with E-state index in [1.807, 2.05) is 0 Å². The molecule has 2 N–H and O–H groups in total. The first kappa shape index (κ1) is 21.3. The van der Waals surface area contributed by atoms with Gasteiger partial charge >= 0.3 is 0 Å². The molecule has 0 radical (unpaired) electrons. The number of rotatable bonds is 2. The second-order valence-electron chi connectivity index (χ2n) is 8.74. The number of halogens is 2. The highest BCUT2D eigenvalue weighted by atomic mass is 35.5. The van der Waals surface area contributed by atoms with Gasteiger partial charge in [0.2, 0.25) is 11.8 Å². The number of ether oxygens (including phenoxy) is 1. The molecule has 1 aromatic carbocycles. The van der Waals surface area contributed by atoms with Crippen LogP contribution >= 0.6 is 23.2 Å². The molecule has 0 bridgehead atoms. The number of hydrogen-bond acceptors (Lipinski definition) is 6. The third-order valence-electron chi connectivity index (χ3n) is 7.41. The minimum atomic E-state index is -1.96. The zero-order valence-electron chi connectivity index (χ0n) is 17.2. The highest BCUT2D eigenvalue weighted by Crippen LogP contribution is 2.66. The first-order valence-electron chi connectivity index (χ1n) is 10.2. The van der Waals surface area contributed by atoms with Crippen LogP contribution in [-0.2, 0) is 19.2 Å². The van der Waals surface area contributed by atoms with Crippen LogP contribution in [0.1, 0.15) is 24.3 Å². The molecule has 1 aromatic rings. The largest absolute Gasteiger partial charge is 0.508 e. The van der Waals surface area contributed by atoms with Crippen molar-refractivity contribution >= 4 is 46.8 Å². The molecule has 0 aromatic heterocycles. The first-order valence-corrected chi connectivity index (χ1v) is 10.9. The number of methoxy groups -OCH3 is 1. The first-order chi connectivity index (χ1) is 15.1. The molecule has 168 valence electrons. The van der Waals surface area contributed by atoms with Crippen LogP contribution in [0.2, 0.25) is 0 Å². The van der Waals surface area contributed by atoms with Crippen molar-refractivity contribution in [2.24, 2.45) is 17.8 Å². The van der Waals surface area contributed by atoms with Crippen LogP contribution in [0.15, 0.2) is 29.8 Å². The van der Waals surface area contributed by atoms with Gasteiger partial charge in [0, 0.05) is 18.5 Å². The van der Waals surface area contributed by atoms with Gasteiger partial charge in [-0.1, -0.05) is 17.7 Å². The number of nitrogens with one attached hydrogen (secondary N) is 1. The van der Waals surface area contributed by atoms with Crippen LogP contribution in [0.4, 0.5) is 0 Å². The SMILES string of the molecule is COc1cccc(O)c1C1C2=CCC3C(=O)NC(=O)C3C2CC2(Cl)C(=O)N(C)C(=O)C12Cl. The second-order valence-corrected chi connectivity index (χ2v) is 9.99. The van der Waals surface area contributed by atoms with Gasteiger partial charge in [0.15, 0.2) is 9.75 Å². The van der Waals surface area contributed by atoms with Crippen molar-refractivity contribution in [3.8, 4) is 11.5 Å². The van der Waals surface area contributed by atoms with Gasteiger partial charge in [-0.25, -0.2) is 0 Å². The normalized spacial score (nSPS) is 38.1. The fourth-order valence-electron chi connectivity index (χ4n) is 5.97. The number of carbonyl (C=O) groups excluding carboxylic acids is 4. The van der Waals surface area contributed by atoms with E-state index in [9.17, 15) is 24.3 Å². The second kappa shape index (κ2) is 6.71. The van der Waals surface area contributed by atoms with Crippen molar-refractivity contribution in [2.75, 3.05) is 14.2 Å². The van der Waals surface area contributed by atoms with Gasteiger partial charge in [0.05, 0.1) is 18.9 Å². The molecule has 6 atom stereocenters. The van der Waals surface area contributed by atoms with Crippen molar-refractivity contribution in [3.63, 3.8) is 0 Å². The number of alkyl halides is 2. The average molecular weight is 479 g/mol. The number of amides is 4. The average Bonchev–Trinajstić information content (AvgIpc) is 3.12. The number of likely N-dealkylation sites (tertiary alicyclic amines) is 1. The Morgan fingerprint density at radius 3 is 2.53 bits per heavy atom. The molecule has 8 nitrogen and oxygen atoms in total. The number of fused-ring (bicyclic) bond motifs is 4. The predicted molar refractivity (Wildman–Crippen MR) is 113 cm³/mol. The number of hydrogen-bond donors (Lipinski definition) is 2. The summed E-state index contributed by atoms with van der Waals surface area (Å²) in [4.78, 5) is 48.7. The maximum absolute atomic E-state index is 13.4. The van der Waals surface area contributed by atoms with Gasteiger partial charge in [-0.3, -0.25) is 29.4 Å². The van der Waals surface area contributed by atoms with E-state index in [1.165, 1.54) is 20.2 Å². The molecule has 0 spiro atoms. The number of phenolic OH excluding ortho intramolecular Hbond substituents is 1. The standard InChI is InChI=1S/C22H20Cl2N2O6/c1-26-19(30)21(23)8-11-9(6-7-10-14(11)18(29)25-17(10)28)16(22(21,24)20(26)31)15-12(27)4-3-5-13(15)32-2/h3-6,10-11,14,16,27H,7-8H2,1-2H3,(H,25,28,29). The third kappa shape index (κ3) is 2.34. The number of carbonyl (C=O) groups is 4. The van der Waals surface area contributed by atoms with Crippen LogP contribution in [-0.4, -0.2) is 57.5 Å². The van der Waals surface area contributed by atoms with E-state index in [2.05, 4.69) is 5.32 Å². The number of nitrogens with zero attached hydrogens (tertiary/aromatic N) is 1. The molecule has 32 heavy (non-hydrogen) atoms. The lowest BCUT2D eigenvalue weighted by molar-refractivity contribution is -0.138. The fourth-order valence-corrected chi connectivity index (χ4v) is 6.98. The van der Waals surface area contributed by atoms with Crippen molar-refractivity contribution in [3.05, 3.63) is 35.4 Å². The van der Waals surface area contributed by atoms with Gasteiger partial charge in [-0.15, -0.1) is 23.2 Å². The van der Waals surface area contributed by atoms with E-state index >= 15 is 0 Å². The highest BCUT2D eigenvalue weighted by Gasteiger charge is 2.76. The van der Waals surface area contributed by atoms with Gasteiger partial charge in [0.25, 0.3) is 11.8 Å². The molecule has 5 rings (SSSR count). The van der Waals surface area contributed by atoms with Crippen molar-refractivity contribution in [2.45, 2.75) is 28.5 Å². The third-order valence-corrected chi connectivity index (χ3v) is 8.82.